The second kappa shape index (κ2) is 8.64. The van der Waals surface area contributed by atoms with Crippen LogP contribution >= 0.6 is 0 Å². The van der Waals surface area contributed by atoms with E-state index in [1.54, 1.807) is 11.0 Å². The number of benzene rings is 1. The van der Waals surface area contributed by atoms with Crippen LogP contribution in [0.1, 0.15) is 49.5 Å². The van der Waals surface area contributed by atoms with Gasteiger partial charge in [-0.3, -0.25) is 4.79 Å². The fraction of sp³-hybridized carbons (Fsp3) is 0.429. The average molecular weight is 415 g/mol. The summed E-state index contributed by atoms with van der Waals surface area (Å²) in [6.07, 6.45) is 2.36. The minimum absolute atomic E-state index is 0.0213. The van der Waals surface area contributed by atoms with Gasteiger partial charge in [-0.25, -0.2) is 14.2 Å². The topological polar surface area (TPSA) is 110 Å². The lowest BCUT2D eigenvalue weighted by Crippen LogP contribution is -2.44. The zero-order valence-corrected chi connectivity index (χ0v) is 17.3. The quantitative estimate of drug-likeness (QED) is 0.738. The maximum atomic E-state index is 13.9. The summed E-state index contributed by atoms with van der Waals surface area (Å²) in [7, 11) is 0. The van der Waals surface area contributed by atoms with Crippen molar-refractivity contribution in [3.05, 3.63) is 47.4 Å². The van der Waals surface area contributed by atoms with Crippen LogP contribution in [-0.4, -0.2) is 51.5 Å². The summed E-state index contributed by atoms with van der Waals surface area (Å²) < 4.78 is 19.3. The summed E-state index contributed by atoms with van der Waals surface area (Å²) in [6, 6.07) is 5.74. The molecule has 30 heavy (non-hydrogen) atoms. The van der Waals surface area contributed by atoms with E-state index in [1.165, 1.54) is 24.4 Å². The van der Waals surface area contributed by atoms with Crippen molar-refractivity contribution in [2.75, 3.05) is 24.1 Å². The second-order valence-electron chi connectivity index (χ2n) is 8.19. The Labute approximate surface area is 174 Å². The van der Waals surface area contributed by atoms with Crippen LogP contribution < -0.4 is 11.1 Å². The van der Waals surface area contributed by atoms with Crippen LogP contribution in [0.2, 0.25) is 0 Å². The van der Waals surface area contributed by atoms with Gasteiger partial charge >= 0.3 is 6.09 Å². The number of halogens is 1. The van der Waals surface area contributed by atoms with Crippen LogP contribution in [0.4, 0.5) is 21.0 Å². The molecule has 8 nitrogen and oxygen atoms in total. The number of anilines is 2. The van der Waals surface area contributed by atoms with Gasteiger partial charge < -0.3 is 20.7 Å². The molecule has 1 amide bonds. The number of nitrogens with two attached hydrogens (primary N) is 1. The number of aromatic nitrogens is 2. The molecule has 0 radical (unpaired) electrons. The smallest absolute Gasteiger partial charge is 0.410 e. The third kappa shape index (κ3) is 5.22. The highest BCUT2D eigenvalue weighted by molar-refractivity contribution is 6.11. The zero-order chi connectivity index (χ0) is 21.9. The Morgan fingerprint density at radius 1 is 1.20 bits per heavy atom. The molecule has 1 aliphatic heterocycles. The molecule has 160 valence electrons. The molecule has 0 bridgehead atoms. The minimum Gasteiger partial charge on any atom is -0.444 e. The van der Waals surface area contributed by atoms with Crippen LogP contribution in [0.3, 0.4) is 0 Å². The number of ether oxygens (including phenoxy) is 1. The van der Waals surface area contributed by atoms with Gasteiger partial charge in [0.2, 0.25) is 11.7 Å². The summed E-state index contributed by atoms with van der Waals surface area (Å²) in [4.78, 5) is 34.7. The molecule has 1 aromatic carbocycles. The Kier molecular flexibility index (Phi) is 6.19. The fourth-order valence-electron chi connectivity index (χ4n) is 3.15. The lowest BCUT2D eigenvalue weighted by Gasteiger charge is -2.33. The van der Waals surface area contributed by atoms with Gasteiger partial charge in [-0.2, -0.15) is 4.98 Å². The molecule has 9 heteroatoms. The van der Waals surface area contributed by atoms with Crippen molar-refractivity contribution in [3.8, 4) is 0 Å². The summed E-state index contributed by atoms with van der Waals surface area (Å²) in [6.45, 7) is 6.60. The fourth-order valence-corrected chi connectivity index (χ4v) is 3.15. The molecule has 2 heterocycles. The number of likely N-dealkylation sites (tertiary alicyclic amines) is 1. The van der Waals surface area contributed by atoms with Crippen molar-refractivity contribution in [1.29, 1.82) is 0 Å². The number of hydrogen-bond donors (Lipinski definition) is 2. The highest BCUT2D eigenvalue weighted by Gasteiger charge is 2.27. The van der Waals surface area contributed by atoms with E-state index in [9.17, 15) is 14.0 Å². The van der Waals surface area contributed by atoms with Gasteiger partial charge in [-0.1, -0.05) is 12.1 Å². The SMILES string of the molecule is CC(C)(C)OC(=O)N1CCC(Nc2ncc(C(=O)c3ccccc3F)c(N)n2)CC1. The molecule has 2 aromatic rings. The molecule has 3 rings (SSSR count). The van der Waals surface area contributed by atoms with E-state index < -0.39 is 17.2 Å². The molecule has 3 N–H and O–H groups in total. The lowest BCUT2D eigenvalue weighted by molar-refractivity contribution is 0.0210. The van der Waals surface area contributed by atoms with Crippen molar-refractivity contribution >= 4 is 23.6 Å². The third-order valence-corrected chi connectivity index (χ3v) is 4.66. The number of nitrogens with zero attached hydrogens (tertiary/aromatic N) is 3. The van der Waals surface area contributed by atoms with Crippen LogP contribution in [0.15, 0.2) is 30.5 Å². The summed E-state index contributed by atoms with van der Waals surface area (Å²) in [5.74, 6) is -0.927. The Balaban J connectivity index is 1.60. The molecule has 0 atom stereocenters. The average Bonchev–Trinajstić information content (AvgIpc) is 2.67. The number of nitrogen functional groups attached to an aromatic ring is 1. The summed E-state index contributed by atoms with van der Waals surface area (Å²) in [5, 5.41) is 3.18. The molecular weight excluding hydrogens is 389 g/mol. The van der Waals surface area contributed by atoms with E-state index in [-0.39, 0.29) is 35.0 Å². The number of amides is 1. The number of ketones is 1. The molecular formula is C21H26FN5O3. The van der Waals surface area contributed by atoms with Crippen LogP contribution in [0, 0.1) is 5.82 Å². The Bertz CT molecular complexity index is 936. The number of carbonyl (C=O) groups excluding carboxylic acids is 2. The highest BCUT2D eigenvalue weighted by Crippen LogP contribution is 2.20. The number of piperidine rings is 1. The van der Waals surface area contributed by atoms with E-state index >= 15 is 0 Å². The maximum Gasteiger partial charge on any atom is 0.410 e. The first-order valence-corrected chi connectivity index (χ1v) is 9.80. The highest BCUT2D eigenvalue weighted by atomic mass is 19.1. The summed E-state index contributed by atoms with van der Waals surface area (Å²) in [5.41, 5.74) is 5.37. The third-order valence-electron chi connectivity index (χ3n) is 4.66. The first kappa shape index (κ1) is 21.5. The van der Waals surface area contributed by atoms with Crippen molar-refractivity contribution in [1.82, 2.24) is 14.9 Å². The normalized spacial score (nSPS) is 15.0. The molecule has 1 aromatic heterocycles. The molecule has 1 aliphatic rings. The monoisotopic (exact) mass is 415 g/mol. The molecule has 0 saturated carbocycles. The van der Waals surface area contributed by atoms with Gasteiger partial charge in [0.15, 0.2) is 0 Å². The predicted molar refractivity (Wildman–Crippen MR) is 111 cm³/mol. The number of hydrogen-bond acceptors (Lipinski definition) is 7. The second-order valence-corrected chi connectivity index (χ2v) is 8.19. The van der Waals surface area contributed by atoms with Gasteiger partial charge in [0.1, 0.15) is 17.2 Å². The van der Waals surface area contributed by atoms with Crippen molar-refractivity contribution in [2.24, 2.45) is 0 Å². The predicted octanol–water partition coefficient (Wildman–Crippen LogP) is 3.24. The number of rotatable bonds is 4. The van der Waals surface area contributed by atoms with Gasteiger partial charge in [0, 0.05) is 25.3 Å². The number of carbonyl (C=O) groups is 2. The lowest BCUT2D eigenvalue weighted by atomic mass is 10.0. The van der Waals surface area contributed by atoms with Crippen LogP contribution in [0.5, 0.6) is 0 Å². The van der Waals surface area contributed by atoms with E-state index in [0.717, 1.165) is 0 Å². The van der Waals surface area contributed by atoms with Crippen molar-refractivity contribution < 1.29 is 18.7 Å². The van der Waals surface area contributed by atoms with Crippen molar-refractivity contribution in [2.45, 2.75) is 45.3 Å². The Morgan fingerprint density at radius 3 is 2.47 bits per heavy atom. The summed E-state index contributed by atoms with van der Waals surface area (Å²) >= 11 is 0. The minimum atomic E-state index is -0.624. The first-order valence-electron chi connectivity index (χ1n) is 9.80. The molecule has 1 fully saturated rings. The van der Waals surface area contributed by atoms with Crippen LogP contribution in [0.25, 0.3) is 0 Å². The standard InChI is InChI=1S/C21H26FN5O3/c1-21(2,3)30-20(29)27-10-8-13(9-11-27)25-19-24-12-15(18(23)26-19)17(28)14-6-4-5-7-16(14)22/h4-7,12-13H,8-11H2,1-3H3,(H3,23,24,25,26). The van der Waals surface area contributed by atoms with Gasteiger partial charge in [-0.15, -0.1) is 0 Å². The van der Waals surface area contributed by atoms with E-state index in [2.05, 4.69) is 15.3 Å². The Hall–Kier alpha value is -3.23. The molecule has 0 unspecified atom stereocenters. The Morgan fingerprint density at radius 2 is 1.87 bits per heavy atom. The van der Waals surface area contributed by atoms with Gasteiger partial charge in [0.25, 0.3) is 0 Å². The largest absolute Gasteiger partial charge is 0.444 e. The molecule has 0 aliphatic carbocycles. The maximum absolute atomic E-state index is 13.9. The molecule has 1 saturated heterocycles. The van der Waals surface area contributed by atoms with Gasteiger partial charge in [0.05, 0.1) is 11.1 Å². The molecule has 0 spiro atoms. The van der Waals surface area contributed by atoms with E-state index in [1.807, 2.05) is 20.8 Å². The number of nitrogens with one attached hydrogen (secondary N) is 1. The van der Waals surface area contributed by atoms with E-state index in [4.69, 9.17) is 10.5 Å². The zero-order valence-electron chi connectivity index (χ0n) is 17.3. The van der Waals surface area contributed by atoms with Crippen LogP contribution in [-0.2, 0) is 4.74 Å². The van der Waals surface area contributed by atoms with Crippen molar-refractivity contribution in [3.63, 3.8) is 0 Å². The van der Waals surface area contributed by atoms with Gasteiger partial charge in [-0.05, 0) is 45.7 Å². The van der Waals surface area contributed by atoms with E-state index in [0.29, 0.717) is 25.9 Å². The first-order chi connectivity index (χ1) is 14.1.